The summed E-state index contributed by atoms with van der Waals surface area (Å²) < 4.78 is 2.21. The minimum absolute atomic E-state index is 0.0757. The van der Waals surface area contributed by atoms with E-state index in [1.165, 1.54) is 17.9 Å². The molecule has 0 spiro atoms. The third-order valence-corrected chi connectivity index (χ3v) is 4.78. The molecule has 2 aromatic heterocycles. The van der Waals surface area contributed by atoms with Crippen LogP contribution in [0.15, 0.2) is 18.3 Å². The predicted molar refractivity (Wildman–Crippen MR) is 77.2 cm³/mol. The van der Waals surface area contributed by atoms with Crippen molar-refractivity contribution in [2.45, 2.75) is 25.3 Å². The molecule has 5 heteroatoms. The molecule has 0 aromatic carbocycles. The number of pyridine rings is 1. The molecule has 1 aliphatic rings. The van der Waals surface area contributed by atoms with Gasteiger partial charge in [-0.05, 0) is 42.9 Å². The van der Waals surface area contributed by atoms with E-state index in [9.17, 15) is 0 Å². The Morgan fingerprint density at radius 1 is 1.61 bits per heavy atom. The van der Waals surface area contributed by atoms with E-state index in [0.717, 1.165) is 29.5 Å². The average Bonchev–Trinajstić information content (AvgIpc) is 2.98. The maximum absolute atomic E-state index is 6.25. The Balaban J connectivity index is 2.03. The topological polar surface area (TPSA) is 30.7 Å². The second-order valence-electron chi connectivity index (χ2n) is 4.77. The largest absolute Gasteiger partial charge is 0.311 e. The van der Waals surface area contributed by atoms with Gasteiger partial charge in [-0.1, -0.05) is 0 Å². The molecule has 3 heterocycles. The summed E-state index contributed by atoms with van der Waals surface area (Å²) in [6, 6.07) is 3.93. The van der Waals surface area contributed by atoms with Gasteiger partial charge in [0, 0.05) is 12.7 Å². The predicted octanol–water partition coefficient (Wildman–Crippen LogP) is 3.48. The average molecular weight is 282 g/mol. The standard InChI is InChI=1S/C13H16ClN3S/c1-9(14)12-16-11-3-2-5-15-13(11)17(12)7-10-4-6-18-8-10/h2-3,5,9-10H,4,6-8H2,1H3. The van der Waals surface area contributed by atoms with Crippen LogP contribution in [0.25, 0.3) is 11.2 Å². The van der Waals surface area contributed by atoms with E-state index >= 15 is 0 Å². The monoisotopic (exact) mass is 281 g/mol. The lowest BCUT2D eigenvalue weighted by atomic mass is 10.1. The van der Waals surface area contributed by atoms with Crippen LogP contribution in [0.3, 0.4) is 0 Å². The Morgan fingerprint density at radius 2 is 2.50 bits per heavy atom. The lowest BCUT2D eigenvalue weighted by Gasteiger charge is -2.13. The van der Waals surface area contributed by atoms with Crippen LogP contribution in [0.2, 0.25) is 0 Å². The van der Waals surface area contributed by atoms with E-state index in [1.54, 1.807) is 0 Å². The highest BCUT2D eigenvalue weighted by Crippen LogP contribution is 2.29. The molecule has 1 aliphatic heterocycles. The van der Waals surface area contributed by atoms with Crippen LogP contribution in [0, 0.1) is 5.92 Å². The molecule has 0 saturated carbocycles. The number of aromatic nitrogens is 3. The van der Waals surface area contributed by atoms with Gasteiger partial charge in [0.05, 0.1) is 5.38 Å². The van der Waals surface area contributed by atoms with Crippen molar-refractivity contribution in [3.63, 3.8) is 0 Å². The lowest BCUT2D eigenvalue weighted by Crippen LogP contribution is -2.13. The Kier molecular flexibility index (Phi) is 3.48. The summed E-state index contributed by atoms with van der Waals surface area (Å²) in [4.78, 5) is 9.08. The molecule has 18 heavy (non-hydrogen) atoms. The van der Waals surface area contributed by atoms with Crippen molar-refractivity contribution in [2.24, 2.45) is 5.92 Å². The van der Waals surface area contributed by atoms with Gasteiger partial charge in [0.25, 0.3) is 0 Å². The Hall–Kier alpha value is -0.740. The van der Waals surface area contributed by atoms with Crippen molar-refractivity contribution in [3.05, 3.63) is 24.2 Å². The van der Waals surface area contributed by atoms with E-state index in [0.29, 0.717) is 0 Å². The van der Waals surface area contributed by atoms with Gasteiger partial charge in [0.15, 0.2) is 5.65 Å². The number of fused-ring (bicyclic) bond motifs is 1. The van der Waals surface area contributed by atoms with E-state index in [2.05, 4.69) is 14.5 Å². The third kappa shape index (κ3) is 2.24. The first-order valence-electron chi connectivity index (χ1n) is 6.28. The summed E-state index contributed by atoms with van der Waals surface area (Å²) in [6.07, 6.45) is 3.11. The molecule has 2 aromatic rings. The summed E-state index contributed by atoms with van der Waals surface area (Å²) in [5.41, 5.74) is 1.92. The molecule has 96 valence electrons. The third-order valence-electron chi connectivity index (χ3n) is 3.35. The zero-order chi connectivity index (χ0) is 12.5. The van der Waals surface area contributed by atoms with Gasteiger partial charge in [-0.15, -0.1) is 11.6 Å². The highest BCUT2D eigenvalue weighted by molar-refractivity contribution is 7.99. The smallest absolute Gasteiger partial charge is 0.160 e. The number of hydrogen-bond acceptors (Lipinski definition) is 3. The molecule has 0 aliphatic carbocycles. The number of thioether (sulfide) groups is 1. The van der Waals surface area contributed by atoms with Crippen molar-refractivity contribution in [2.75, 3.05) is 11.5 Å². The number of halogens is 1. The first-order valence-corrected chi connectivity index (χ1v) is 7.88. The Morgan fingerprint density at radius 3 is 3.22 bits per heavy atom. The van der Waals surface area contributed by atoms with Crippen LogP contribution < -0.4 is 0 Å². The minimum Gasteiger partial charge on any atom is -0.311 e. The fraction of sp³-hybridized carbons (Fsp3) is 0.538. The van der Waals surface area contributed by atoms with Crippen LogP contribution in [-0.2, 0) is 6.54 Å². The molecule has 0 amide bonds. The number of nitrogens with zero attached hydrogens (tertiary/aromatic N) is 3. The van der Waals surface area contributed by atoms with Crippen molar-refractivity contribution in [1.29, 1.82) is 0 Å². The van der Waals surface area contributed by atoms with E-state index < -0.39 is 0 Å². The van der Waals surface area contributed by atoms with Crippen LogP contribution in [-0.4, -0.2) is 26.0 Å². The summed E-state index contributed by atoms with van der Waals surface area (Å²) >= 11 is 8.29. The molecule has 3 nitrogen and oxygen atoms in total. The molecule has 0 N–H and O–H groups in total. The minimum atomic E-state index is -0.0757. The molecule has 1 fully saturated rings. The summed E-state index contributed by atoms with van der Waals surface area (Å²) in [6.45, 7) is 2.97. The van der Waals surface area contributed by atoms with Gasteiger partial charge in [-0.2, -0.15) is 11.8 Å². The second kappa shape index (κ2) is 5.10. The SMILES string of the molecule is CC(Cl)c1nc2cccnc2n1CC1CCSC1. The van der Waals surface area contributed by atoms with Gasteiger partial charge in [0.1, 0.15) is 11.3 Å². The van der Waals surface area contributed by atoms with E-state index in [1.807, 2.05) is 37.0 Å². The lowest BCUT2D eigenvalue weighted by molar-refractivity contribution is 0.486. The molecular weight excluding hydrogens is 266 g/mol. The highest BCUT2D eigenvalue weighted by Gasteiger charge is 2.21. The molecule has 2 unspecified atom stereocenters. The maximum Gasteiger partial charge on any atom is 0.160 e. The van der Waals surface area contributed by atoms with Gasteiger partial charge < -0.3 is 4.57 Å². The zero-order valence-corrected chi connectivity index (χ0v) is 11.9. The number of hydrogen-bond donors (Lipinski definition) is 0. The van der Waals surface area contributed by atoms with Crippen molar-refractivity contribution < 1.29 is 0 Å². The van der Waals surface area contributed by atoms with Crippen molar-refractivity contribution in [1.82, 2.24) is 14.5 Å². The maximum atomic E-state index is 6.25. The van der Waals surface area contributed by atoms with E-state index in [-0.39, 0.29) is 5.38 Å². The van der Waals surface area contributed by atoms with Crippen LogP contribution in [0.1, 0.15) is 24.5 Å². The number of rotatable bonds is 3. The van der Waals surface area contributed by atoms with Gasteiger partial charge >= 0.3 is 0 Å². The quantitative estimate of drug-likeness (QED) is 0.807. The summed E-state index contributed by atoms with van der Waals surface area (Å²) in [7, 11) is 0. The number of alkyl halides is 1. The van der Waals surface area contributed by atoms with Gasteiger partial charge in [0.2, 0.25) is 0 Å². The molecule has 0 bridgehead atoms. The molecule has 1 saturated heterocycles. The summed E-state index contributed by atoms with van der Waals surface area (Å²) in [5, 5.41) is -0.0757. The first kappa shape index (κ1) is 12.3. The van der Waals surface area contributed by atoms with Gasteiger partial charge in [-0.25, -0.2) is 9.97 Å². The first-order chi connectivity index (χ1) is 8.75. The molecule has 2 atom stereocenters. The highest BCUT2D eigenvalue weighted by atomic mass is 35.5. The van der Waals surface area contributed by atoms with Gasteiger partial charge in [-0.3, -0.25) is 0 Å². The van der Waals surface area contributed by atoms with Crippen LogP contribution in [0.5, 0.6) is 0 Å². The molecule has 0 radical (unpaired) electrons. The Bertz CT molecular complexity index is 546. The Labute approximate surface area is 116 Å². The van der Waals surface area contributed by atoms with Crippen LogP contribution in [0.4, 0.5) is 0 Å². The normalized spacial score (nSPS) is 21.6. The van der Waals surface area contributed by atoms with E-state index in [4.69, 9.17) is 11.6 Å². The molecule has 3 rings (SSSR count). The van der Waals surface area contributed by atoms with Crippen molar-refractivity contribution >= 4 is 34.5 Å². The number of imidazole rings is 1. The zero-order valence-electron chi connectivity index (χ0n) is 10.3. The van der Waals surface area contributed by atoms with Crippen molar-refractivity contribution in [3.8, 4) is 0 Å². The molecular formula is C13H16ClN3S. The fourth-order valence-corrected chi connectivity index (χ4v) is 3.88. The van der Waals surface area contributed by atoms with Crippen LogP contribution >= 0.6 is 23.4 Å². The summed E-state index contributed by atoms with van der Waals surface area (Å²) in [5.74, 6) is 4.19. The second-order valence-corrected chi connectivity index (χ2v) is 6.58. The fourth-order valence-electron chi connectivity index (χ4n) is 2.45.